The minimum absolute atomic E-state index is 0.0483. The lowest BCUT2D eigenvalue weighted by atomic mass is 9.91. The Labute approximate surface area is 105 Å². The maximum absolute atomic E-state index is 12.0. The summed E-state index contributed by atoms with van der Waals surface area (Å²) in [5.74, 6) is 0.427. The molecule has 17 heavy (non-hydrogen) atoms. The van der Waals surface area contributed by atoms with Crippen LogP contribution in [0.25, 0.3) is 0 Å². The van der Waals surface area contributed by atoms with Crippen molar-refractivity contribution in [2.75, 3.05) is 13.2 Å². The van der Waals surface area contributed by atoms with Gasteiger partial charge in [0.05, 0.1) is 6.61 Å². The smallest absolute Gasteiger partial charge is 0.323 e. The van der Waals surface area contributed by atoms with E-state index in [9.17, 15) is 4.79 Å². The molecule has 0 radical (unpaired) electrons. The Bertz CT molecular complexity index is 210. The number of esters is 1. The highest BCUT2D eigenvalue weighted by Gasteiger charge is 2.29. The molecule has 0 aromatic carbocycles. The molecule has 0 spiro atoms. The monoisotopic (exact) mass is 241 g/mol. The molecule has 0 aromatic heterocycles. The molecule has 0 aliphatic heterocycles. The highest BCUT2D eigenvalue weighted by atomic mass is 16.5. The molecule has 0 saturated heterocycles. The van der Waals surface area contributed by atoms with Gasteiger partial charge < -0.3 is 10.1 Å². The number of ether oxygens (including phenoxy) is 1. The van der Waals surface area contributed by atoms with Crippen LogP contribution >= 0.6 is 0 Å². The van der Waals surface area contributed by atoms with E-state index in [1.165, 1.54) is 38.5 Å². The van der Waals surface area contributed by atoms with E-state index in [1.54, 1.807) is 0 Å². The van der Waals surface area contributed by atoms with Crippen LogP contribution in [0, 0.1) is 5.92 Å². The van der Waals surface area contributed by atoms with E-state index in [2.05, 4.69) is 12.2 Å². The van der Waals surface area contributed by atoms with Crippen LogP contribution in [-0.4, -0.2) is 25.2 Å². The van der Waals surface area contributed by atoms with E-state index in [4.69, 9.17) is 4.74 Å². The zero-order valence-corrected chi connectivity index (χ0v) is 11.3. The molecule has 0 aromatic rings. The van der Waals surface area contributed by atoms with E-state index in [0.717, 1.165) is 13.0 Å². The Balaban J connectivity index is 2.55. The molecule has 3 nitrogen and oxygen atoms in total. The van der Waals surface area contributed by atoms with E-state index in [-0.39, 0.29) is 12.0 Å². The Morgan fingerprint density at radius 1 is 1.24 bits per heavy atom. The second-order valence-electron chi connectivity index (χ2n) is 4.94. The first-order chi connectivity index (χ1) is 8.29. The van der Waals surface area contributed by atoms with Gasteiger partial charge in [-0.3, -0.25) is 4.79 Å². The number of rotatable bonds is 6. The van der Waals surface area contributed by atoms with Gasteiger partial charge in [-0.15, -0.1) is 0 Å². The molecule has 1 rings (SSSR count). The third-order valence-electron chi connectivity index (χ3n) is 3.53. The second kappa shape index (κ2) is 8.51. The Morgan fingerprint density at radius 2 is 1.88 bits per heavy atom. The average Bonchev–Trinajstić information content (AvgIpc) is 2.59. The molecule has 1 unspecified atom stereocenters. The van der Waals surface area contributed by atoms with Gasteiger partial charge in [-0.1, -0.05) is 32.6 Å². The Kier molecular flexibility index (Phi) is 7.25. The van der Waals surface area contributed by atoms with Crippen LogP contribution in [0.4, 0.5) is 0 Å². The van der Waals surface area contributed by atoms with Gasteiger partial charge in [0.1, 0.15) is 6.04 Å². The lowest BCUT2D eigenvalue weighted by molar-refractivity contribution is -0.147. The Morgan fingerprint density at radius 3 is 2.41 bits per heavy atom. The van der Waals surface area contributed by atoms with Crippen LogP contribution in [0.2, 0.25) is 0 Å². The topological polar surface area (TPSA) is 38.3 Å². The SMILES string of the molecule is CCCNC(C(=O)OCC)C1CCCCCC1. The van der Waals surface area contributed by atoms with Crippen molar-refractivity contribution in [1.29, 1.82) is 0 Å². The standard InChI is InChI=1S/C14H27NO2/c1-3-11-15-13(14(16)17-4-2)12-9-7-5-6-8-10-12/h12-13,15H,3-11H2,1-2H3. The largest absolute Gasteiger partial charge is 0.465 e. The van der Waals surface area contributed by atoms with Crippen molar-refractivity contribution in [1.82, 2.24) is 5.32 Å². The van der Waals surface area contributed by atoms with Gasteiger partial charge in [-0.05, 0) is 38.6 Å². The summed E-state index contributed by atoms with van der Waals surface area (Å²) < 4.78 is 5.19. The molecular formula is C14H27NO2. The lowest BCUT2D eigenvalue weighted by Gasteiger charge is -2.25. The van der Waals surface area contributed by atoms with Gasteiger partial charge in [0, 0.05) is 0 Å². The maximum Gasteiger partial charge on any atom is 0.323 e. The average molecular weight is 241 g/mol. The summed E-state index contributed by atoms with van der Waals surface area (Å²) in [5.41, 5.74) is 0. The number of hydrogen-bond donors (Lipinski definition) is 1. The minimum atomic E-state index is -0.0759. The maximum atomic E-state index is 12.0. The van der Waals surface area contributed by atoms with Crippen molar-refractivity contribution in [2.45, 2.75) is 64.8 Å². The van der Waals surface area contributed by atoms with E-state index in [0.29, 0.717) is 12.5 Å². The van der Waals surface area contributed by atoms with Crippen molar-refractivity contribution in [2.24, 2.45) is 5.92 Å². The van der Waals surface area contributed by atoms with Crippen molar-refractivity contribution in [3.63, 3.8) is 0 Å². The molecule has 100 valence electrons. The first-order valence-corrected chi connectivity index (χ1v) is 7.19. The predicted octanol–water partition coefficient (Wildman–Crippen LogP) is 2.89. The van der Waals surface area contributed by atoms with Gasteiger partial charge in [0.25, 0.3) is 0 Å². The van der Waals surface area contributed by atoms with Crippen LogP contribution in [-0.2, 0) is 9.53 Å². The molecule has 0 amide bonds. The number of hydrogen-bond acceptors (Lipinski definition) is 3. The second-order valence-corrected chi connectivity index (χ2v) is 4.94. The quantitative estimate of drug-likeness (QED) is 0.574. The third kappa shape index (κ3) is 5.07. The molecule has 1 saturated carbocycles. The molecule has 1 aliphatic rings. The molecule has 3 heteroatoms. The molecule has 0 bridgehead atoms. The van der Waals surface area contributed by atoms with Crippen molar-refractivity contribution < 1.29 is 9.53 Å². The molecular weight excluding hydrogens is 214 g/mol. The van der Waals surface area contributed by atoms with Crippen LogP contribution < -0.4 is 5.32 Å². The van der Waals surface area contributed by atoms with Crippen molar-refractivity contribution in [3.05, 3.63) is 0 Å². The summed E-state index contributed by atoms with van der Waals surface area (Å²) in [4.78, 5) is 12.0. The fourth-order valence-corrected chi connectivity index (χ4v) is 2.62. The van der Waals surface area contributed by atoms with Crippen LogP contribution in [0.15, 0.2) is 0 Å². The van der Waals surface area contributed by atoms with Crippen LogP contribution in [0.1, 0.15) is 58.8 Å². The van der Waals surface area contributed by atoms with Gasteiger partial charge in [0.2, 0.25) is 0 Å². The fourth-order valence-electron chi connectivity index (χ4n) is 2.62. The minimum Gasteiger partial charge on any atom is -0.465 e. The summed E-state index contributed by atoms with van der Waals surface area (Å²) in [6, 6.07) is -0.0759. The molecule has 1 N–H and O–H groups in total. The highest BCUT2D eigenvalue weighted by Crippen LogP contribution is 2.26. The molecule has 1 aliphatic carbocycles. The highest BCUT2D eigenvalue weighted by molar-refractivity contribution is 5.76. The van der Waals surface area contributed by atoms with Gasteiger partial charge in [-0.2, -0.15) is 0 Å². The van der Waals surface area contributed by atoms with Gasteiger partial charge in [0.15, 0.2) is 0 Å². The predicted molar refractivity (Wildman–Crippen MR) is 69.9 cm³/mol. The van der Waals surface area contributed by atoms with Crippen LogP contribution in [0.5, 0.6) is 0 Å². The molecule has 1 fully saturated rings. The van der Waals surface area contributed by atoms with Crippen LogP contribution in [0.3, 0.4) is 0 Å². The summed E-state index contributed by atoms with van der Waals surface area (Å²) in [5, 5.41) is 3.38. The molecule has 0 heterocycles. The number of carbonyl (C=O) groups excluding carboxylic acids is 1. The summed E-state index contributed by atoms with van der Waals surface area (Å²) in [6.45, 7) is 5.39. The van der Waals surface area contributed by atoms with E-state index < -0.39 is 0 Å². The summed E-state index contributed by atoms with van der Waals surface area (Å²) >= 11 is 0. The fraction of sp³-hybridized carbons (Fsp3) is 0.929. The lowest BCUT2D eigenvalue weighted by Crippen LogP contribution is -2.44. The molecule has 1 atom stereocenters. The normalized spacial score (nSPS) is 19.6. The number of nitrogens with one attached hydrogen (secondary N) is 1. The zero-order chi connectivity index (χ0) is 12.5. The Hall–Kier alpha value is -0.570. The van der Waals surface area contributed by atoms with E-state index in [1.807, 2.05) is 6.92 Å². The first-order valence-electron chi connectivity index (χ1n) is 7.19. The van der Waals surface area contributed by atoms with Crippen molar-refractivity contribution in [3.8, 4) is 0 Å². The summed E-state index contributed by atoms with van der Waals surface area (Å²) in [7, 11) is 0. The van der Waals surface area contributed by atoms with E-state index >= 15 is 0 Å². The van der Waals surface area contributed by atoms with Gasteiger partial charge in [-0.25, -0.2) is 0 Å². The summed E-state index contributed by atoms with van der Waals surface area (Å²) in [6.07, 6.45) is 8.55. The first kappa shape index (κ1) is 14.5. The van der Waals surface area contributed by atoms with Gasteiger partial charge >= 0.3 is 5.97 Å². The zero-order valence-electron chi connectivity index (χ0n) is 11.3. The van der Waals surface area contributed by atoms with Crippen molar-refractivity contribution >= 4 is 5.97 Å². The number of carbonyl (C=O) groups is 1. The third-order valence-corrected chi connectivity index (χ3v) is 3.53.